The first-order valence-corrected chi connectivity index (χ1v) is 4.79. The van der Waals surface area contributed by atoms with E-state index in [0.29, 0.717) is 4.90 Å². The number of hydrogen-bond donors (Lipinski definition) is 1. The van der Waals surface area contributed by atoms with Gasteiger partial charge in [0.1, 0.15) is 5.82 Å². The number of carboxylic acids is 1. The van der Waals surface area contributed by atoms with Gasteiger partial charge in [0.2, 0.25) is 0 Å². The van der Waals surface area contributed by atoms with Crippen molar-refractivity contribution in [1.82, 2.24) is 0 Å². The fourth-order valence-corrected chi connectivity index (χ4v) is 1.58. The lowest BCUT2D eigenvalue weighted by molar-refractivity contribution is 0.0696. The second-order valence-electron chi connectivity index (χ2n) is 2.38. The second-order valence-corrected chi connectivity index (χ2v) is 3.69. The molecule has 0 fully saturated rings. The predicted molar refractivity (Wildman–Crippen MR) is 49.8 cm³/mol. The third-order valence-electron chi connectivity index (χ3n) is 1.48. The van der Waals surface area contributed by atoms with Crippen molar-refractivity contribution in [3.63, 3.8) is 0 Å². The Morgan fingerprint density at radius 2 is 2.31 bits per heavy atom. The molecule has 1 rings (SSSR count). The molecule has 0 aliphatic rings. The van der Waals surface area contributed by atoms with Gasteiger partial charge in [-0.3, -0.25) is 0 Å². The van der Waals surface area contributed by atoms with Crippen LogP contribution >= 0.6 is 11.8 Å². The normalized spacial score (nSPS) is 10.0. The molecule has 0 saturated carbocycles. The molecule has 1 aromatic carbocycles. The van der Waals surface area contributed by atoms with Crippen LogP contribution in [-0.2, 0) is 0 Å². The van der Waals surface area contributed by atoms with Crippen molar-refractivity contribution in [1.29, 1.82) is 0 Å². The average molecular weight is 200 g/mol. The Morgan fingerprint density at radius 3 is 2.77 bits per heavy atom. The molecule has 0 saturated heterocycles. The lowest BCUT2D eigenvalue weighted by atomic mass is 10.2. The van der Waals surface area contributed by atoms with E-state index >= 15 is 0 Å². The van der Waals surface area contributed by atoms with E-state index in [2.05, 4.69) is 0 Å². The summed E-state index contributed by atoms with van der Waals surface area (Å²) in [6.07, 6.45) is 0. The first-order chi connectivity index (χ1) is 6.15. The van der Waals surface area contributed by atoms with Crippen LogP contribution in [0.4, 0.5) is 4.39 Å². The maximum Gasteiger partial charge on any atom is 0.335 e. The summed E-state index contributed by atoms with van der Waals surface area (Å²) in [4.78, 5) is 10.9. The predicted octanol–water partition coefficient (Wildman–Crippen LogP) is 2.64. The number of rotatable bonds is 3. The standard InChI is InChI=1S/C9H9FO2S/c1-2-13-8-4-3-6(9(11)12)5-7(8)10/h3-5H,2H2,1H3,(H,11,12). The molecule has 2 nitrogen and oxygen atoms in total. The monoisotopic (exact) mass is 200 g/mol. The van der Waals surface area contributed by atoms with E-state index in [1.165, 1.54) is 23.9 Å². The molecule has 0 aliphatic carbocycles. The molecule has 4 heteroatoms. The number of carbonyl (C=O) groups is 1. The van der Waals surface area contributed by atoms with E-state index in [9.17, 15) is 9.18 Å². The van der Waals surface area contributed by atoms with Crippen molar-refractivity contribution in [2.45, 2.75) is 11.8 Å². The first kappa shape index (κ1) is 10.1. The number of thioether (sulfide) groups is 1. The van der Waals surface area contributed by atoms with Crippen LogP contribution in [0.2, 0.25) is 0 Å². The van der Waals surface area contributed by atoms with E-state index in [4.69, 9.17) is 5.11 Å². The molecule has 1 N–H and O–H groups in total. The highest BCUT2D eigenvalue weighted by Crippen LogP contribution is 2.22. The Hall–Kier alpha value is -1.03. The highest BCUT2D eigenvalue weighted by atomic mass is 32.2. The molecular formula is C9H9FO2S. The third-order valence-corrected chi connectivity index (χ3v) is 2.41. The summed E-state index contributed by atoms with van der Waals surface area (Å²) >= 11 is 1.35. The minimum atomic E-state index is -1.10. The largest absolute Gasteiger partial charge is 0.478 e. The van der Waals surface area contributed by atoms with E-state index in [-0.39, 0.29) is 5.56 Å². The molecule has 0 unspecified atom stereocenters. The van der Waals surface area contributed by atoms with E-state index in [0.717, 1.165) is 11.8 Å². The summed E-state index contributed by atoms with van der Waals surface area (Å²) < 4.78 is 13.1. The zero-order valence-electron chi connectivity index (χ0n) is 7.08. The molecule has 1 aromatic rings. The van der Waals surface area contributed by atoms with E-state index in [1.807, 2.05) is 6.92 Å². The molecule has 0 heterocycles. The molecule has 0 atom stereocenters. The van der Waals surface area contributed by atoms with E-state index in [1.54, 1.807) is 0 Å². The van der Waals surface area contributed by atoms with Crippen LogP contribution < -0.4 is 0 Å². The number of hydrogen-bond acceptors (Lipinski definition) is 2. The maximum absolute atomic E-state index is 13.1. The molecule has 0 aromatic heterocycles. The zero-order valence-corrected chi connectivity index (χ0v) is 7.90. The Balaban J connectivity index is 2.98. The summed E-state index contributed by atoms with van der Waals surface area (Å²) in [6, 6.07) is 3.94. The van der Waals surface area contributed by atoms with E-state index < -0.39 is 11.8 Å². The van der Waals surface area contributed by atoms with Crippen LogP contribution in [0.15, 0.2) is 23.1 Å². The second kappa shape index (κ2) is 4.28. The SMILES string of the molecule is CCSc1ccc(C(=O)O)cc1F. The topological polar surface area (TPSA) is 37.3 Å². The third kappa shape index (κ3) is 2.45. The average Bonchev–Trinajstić information content (AvgIpc) is 2.08. The Morgan fingerprint density at radius 1 is 1.62 bits per heavy atom. The van der Waals surface area contributed by atoms with Gasteiger partial charge in [0.05, 0.1) is 5.56 Å². The summed E-state index contributed by atoms with van der Waals surface area (Å²) in [5.41, 5.74) is -0.0158. The smallest absolute Gasteiger partial charge is 0.335 e. The van der Waals surface area contributed by atoms with Crippen molar-refractivity contribution >= 4 is 17.7 Å². The number of aromatic carboxylic acids is 1. The number of halogens is 1. The Bertz CT molecular complexity index is 325. The fourth-order valence-electron chi connectivity index (χ4n) is 0.906. The minimum absolute atomic E-state index is 0.0158. The molecule has 13 heavy (non-hydrogen) atoms. The van der Waals surface area contributed by atoms with Crippen molar-refractivity contribution in [3.8, 4) is 0 Å². The number of carboxylic acid groups (broad SMARTS) is 1. The molecular weight excluding hydrogens is 191 g/mol. The zero-order chi connectivity index (χ0) is 9.84. The van der Waals surface area contributed by atoms with Gasteiger partial charge in [0.15, 0.2) is 0 Å². The van der Waals surface area contributed by atoms with Gasteiger partial charge in [-0.05, 0) is 24.0 Å². The van der Waals surface area contributed by atoms with Gasteiger partial charge in [-0.25, -0.2) is 9.18 Å². The van der Waals surface area contributed by atoms with Gasteiger partial charge in [0.25, 0.3) is 0 Å². The summed E-state index contributed by atoms with van der Waals surface area (Å²) in [5.74, 6) is -0.803. The highest BCUT2D eigenvalue weighted by Gasteiger charge is 2.07. The van der Waals surface area contributed by atoms with Gasteiger partial charge in [-0.1, -0.05) is 6.92 Å². The van der Waals surface area contributed by atoms with Crippen LogP contribution in [0, 0.1) is 5.82 Å². The highest BCUT2D eigenvalue weighted by molar-refractivity contribution is 7.99. The van der Waals surface area contributed by atoms with Crippen molar-refractivity contribution in [2.75, 3.05) is 5.75 Å². The lowest BCUT2D eigenvalue weighted by Gasteiger charge is -2.01. The Labute approximate surface area is 79.8 Å². The van der Waals surface area contributed by atoms with Crippen LogP contribution in [0.25, 0.3) is 0 Å². The summed E-state index contributed by atoms with van der Waals surface area (Å²) in [6.45, 7) is 1.91. The number of benzene rings is 1. The lowest BCUT2D eigenvalue weighted by Crippen LogP contribution is -1.97. The van der Waals surface area contributed by atoms with Crippen LogP contribution in [-0.4, -0.2) is 16.8 Å². The fraction of sp³-hybridized carbons (Fsp3) is 0.222. The molecule has 0 bridgehead atoms. The minimum Gasteiger partial charge on any atom is -0.478 e. The molecule has 0 aliphatic heterocycles. The molecule has 0 amide bonds. The van der Waals surface area contributed by atoms with Gasteiger partial charge < -0.3 is 5.11 Å². The van der Waals surface area contributed by atoms with Crippen molar-refractivity contribution < 1.29 is 14.3 Å². The van der Waals surface area contributed by atoms with Gasteiger partial charge >= 0.3 is 5.97 Å². The maximum atomic E-state index is 13.1. The van der Waals surface area contributed by atoms with Crippen LogP contribution in [0.5, 0.6) is 0 Å². The van der Waals surface area contributed by atoms with Crippen LogP contribution in [0.3, 0.4) is 0 Å². The summed E-state index contributed by atoms with van der Waals surface area (Å²) in [5, 5.41) is 8.56. The Kier molecular flexibility index (Phi) is 3.31. The first-order valence-electron chi connectivity index (χ1n) is 3.80. The van der Waals surface area contributed by atoms with Crippen molar-refractivity contribution in [2.24, 2.45) is 0 Å². The quantitative estimate of drug-likeness (QED) is 0.762. The molecule has 0 radical (unpaired) electrons. The molecule has 70 valence electrons. The van der Waals surface area contributed by atoms with Gasteiger partial charge in [-0.2, -0.15) is 0 Å². The summed E-state index contributed by atoms with van der Waals surface area (Å²) in [7, 11) is 0. The van der Waals surface area contributed by atoms with Gasteiger partial charge in [-0.15, -0.1) is 11.8 Å². The molecule has 0 spiro atoms. The van der Waals surface area contributed by atoms with Crippen LogP contribution in [0.1, 0.15) is 17.3 Å². The van der Waals surface area contributed by atoms with Gasteiger partial charge in [0, 0.05) is 4.90 Å². The van der Waals surface area contributed by atoms with Crippen molar-refractivity contribution in [3.05, 3.63) is 29.6 Å².